The van der Waals surface area contributed by atoms with E-state index in [2.05, 4.69) is 24.1 Å². The number of nitrogens with two attached hydrogens (primary N) is 1. The summed E-state index contributed by atoms with van der Waals surface area (Å²) >= 11 is 0. The zero-order valence-corrected chi connectivity index (χ0v) is 13.1. The largest absolute Gasteiger partial charge is 0.354 e. The Morgan fingerprint density at radius 1 is 1.20 bits per heavy atom. The van der Waals surface area contributed by atoms with Gasteiger partial charge in [0.1, 0.15) is 0 Å². The lowest BCUT2D eigenvalue weighted by atomic mass is 9.84. The van der Waals surface area contributed by atoms with Crippen LogP contribution in [-0.2, 0) is 4.79 Å². The molecule has 0 aromatic rings. The third-order valence-corrected chi connectivity index (χ3v) is 5.02. The molecule has 1 amide bonds. The topological polar surface area (TPSA) is 58.4 Å². The van der Waals surface area contributed by atoms with E-state index in [-0.39, 0.29) is 17.9 Å². The summed E-state index contributed by atoms with van der Waals surface area (Å²) in [6.07, 6.45) is 6.87. The van der Waals surface area contributed by atoms with Crippen molar-refractivity contribution in [2.75, 3.05) is 19.6 Å². The standard InChI is InChI=1S/C16H31N3O/c1-12(2)15(19-9-5-6-10-19)11-18-16(20)13-7-3-4-8-14(13)17/h12-15H,3-11,17H2,1-2H3,(H,18,20). The van der Waals surface area contributed by atoms with E-state index in [4.69, 9.17) is 5.73 Å². The maximum absolute atomic E-state index is 12.3. The maximum atomic E-state index is 12.3. The molecule has 0 radical (unpaired) electrons. The smallest absolute Gasteiger partial charge is 0.224 e. The molecule has 4 nitrogen and oxygen atoms in total. The van der Waals surface area contributed by atoms with Gasteiger partial charge in [0.25, 0.3) is 0 Å². The Kier molecular flexibility index (Phi) is 5.85. The summed E-state index contributed by atoms with van der Waals surface area (Å²) in [5.74, 6) is 0.797. The summed E-state index contributed by atoms with van der Waals surface area (Å²) in [6, 6.07) is 0.536. The number of nitrogens with one attached hydrogen (secondary N) is 1. The molecule has 1 aliphatic carbocycles. The van der Waals surface area contributed by atoms with Crippen LogP contribution in [0.5, 0.6) is 0 Å². The minimum Gasteiger partial charge on any atom is -0.354 e. The minimum absolute atomic E-state index is 0.0372. The molecule has 1 heterocycles. The van der Waals surface area contributed by atoms with Gasteiger partial charge in [-0.25, -0.2) is 0 Å². The average Bonchev–Trinajstić information content (AvgIpc) is 2.92. The fraction of sp³-hybridized carbons (Fsp3) is 0.938. The highest BCUT2D eigenvalue weighted by molar-refractivity contribution is 5.79. The first-order valence-electron chi connectivity index (χ1n) is 8.37. The van der Waals surface area contributed by atoms with Gasteiger partial charge in [-0.1, -0.05) is 26.7 Å². The van der Waals surface area contributed by atoms with E-state index in [0.29, 0.717) is 12.0 Å². The van der Waals surface area contributed by atoms with Crippen LogP contribution >= 0.6 is 0 Å². The second kappa shape index (κ2) is 7.41. The molecule has 1 saturated heterocycles. The highest BCUT2D eigenvalue weighted by Crippen LogP contribution is 2.23. The molecule has 4 heteroatoms. The molecular formula is C16H31N3O. The Morgan fingerprint density at radius 3 is 2.45 bits per heavy atom. The van der Waals surface area contributed by atoms with Gasteiger partial charge in [-0.2, -0.15) is 0 Å². The van der Waals surface area contributed by atoms with Crippen molar-refractivity contribution < 1.29 is 4.79 Å². The fourth-order valence-electron chi connectivity index (χ4n) is 3.68. The lowest BCUT2D eigenvalue weighted by Crippen LogP contribution is -2.49. The number of rotatable bonds is 5. The summed E-state index contributed by atoms with van der Waals surface area (Å²) in [5.41, 5.74) is 6.10. The number of hydrogen-bond donors (Lipinski definition) is 2. The highest BCUT2D eigenvalue weighted by Gasteiger charge is 2.30. The second-order valence-electron chi connectivity index (χ2n) is 6.85. The van der Waals surface area contributed by atoms with Crippen LogP contribution in [0.4, 0.5) is 0 Å². The molecule has 0 bridgehead atoms. The highest BCUT2D eigenvalue weighted by atomic mass is 16.1. The first-order valence-corrected chi connectivity index (χ1v) is 8.37. The summed E-state index contributed by atoms with van der Waals surface area (Å²) in [5, 5.41) is 3.18. The zero-order valence-electron chi connectivity index (χ0n) is 13.1. The molecule has 0 spiro atoms. The summed E-state index contributed by atoms with van der Waals surface area (Å²) in [4.78, 5) is 14.9. The van der Waals surface area contributed by atoms with Crippen molar-refractivity contribution in [1.82, 2.24) is 10.2 Å². The Hall–Kier alpha value is -0.610. The lowest BCUT2D eigenvalue weighted by Gasteiger charge is -2.33. The van der Waals surface area contributed by atoms with E-state index in [1.807, 2.05) is 0 Å². The maximum Gasteiger partial charge on any atom is 0.224 e. The molecule has 2 aliphatic rings. The van der Waals surface area contributed by atoms with Crippen LogP contribution in [0.15, 0.2) is 0 Å². The molecule has 20 heavy (non-hydrogen) atoms. The van der Waals surface area contributed by atoms with E-state index in [1.54, 1.807) is 0 Å². The van der Waals surface area contributed by atoms with Crippen molar-refractivity contribution in [2.45, 2.75) is 64.5 Å². The van der Waals surface area contributed by atoms with Gasteiger partial charge < -0.3 is 11.1 Å². The van der Waals surface area contributed by atoms with Gasteiger partial charge in [0.15, 0.2) is 0 Å². The van der Waals surface area contributed by atoms with Crippen molar-refractivity contribution in [2.24, 2.45) is 17.6 Å². The average molecular weight is 281 g/mol. The Labute approximate surface area is 123 Å². The van der Waals surface area contributed by atoms with Crippen molar-refractivity contribution in [3.8, 4) is 0 Å². The van der Waals surface area contributed by atoms with Crippen LogP contribution < -0.4 is 11.1 Å². The van der Waals surface area contributed by atoms with E-state index in [9.17, 15) is 4.79 Å². The summed E-state index contributed by atoms with van der Waals surface area (Å²) in [7, 11) is 0. The monoisotopic (exact) mass is 281 g/mol. The van der Waals surface area contributed by atoms with Crippen LogP contribution in [-0.4, -0.2) is 42.5 Å². The predicted molar refractivity (Wildman–Crippen MR) is 82.4 cm³/mol. The fourth-order valence-corrected chi connectivity index (χ4v) is 3.68. The number of nitrogens with zero attached hydrogens (tertiary/aromatic N) is 1. The second-order valence-corrected chi connectivity index (χ2v) is 6.85. The normalized spacial score (nSPS) is 29.6. The molecule has 0 aromatic carbocycles. The molecule has 3 unspecified atom stereocenters. The van der Waals surface area contributed by atoms with Gasteiger partial charge in [0.2, 0.25) is 5.91 Å². The number of carbonyl (C=O) groups excluding carboxylic acids is 1. The molecule has 0 aromatic heterocycles. The summed E-state index contributed by atoms with van der Waals surface area (Å²) in [6.45, 7) is 7.64. The van der Waals surface area contributed by atoms with E-state index in [0.717, 1.165) is 25.8 Å². The van der Waals surface area contributed by atoms with Crippen molar-refractivity contribution in [3.63, 3.8) is 0 Å². The Balaban J connectivity index is 1.83. The van der Waals surface area contributed by atoms with E-state index in [1.165, 1.54) is 32.4 Å². The van der Waals surface area contributed by atoms with E-state index < -0.39 is 0 Å². The van der Waals surface area contributed by atoms with Gasteiger partial charge in [-0.3, -0.25) is 9.69 Å². The van der Waals surface area contributed by atoms with Crippen molar-refractivity contribution >= 4 is 5.91 Å². The zero-order chi connectivity index (χ0) is 14.5. The quantitative estimate of drug-likeness (QED) is 0.807. The Morgan fingerprint density at radius 2 is 1.85 bits per heavy atom. The third kappa shape index (κ3) is 3.95. The number of amides is 1. The summed E-state index contributed by atoms with van der Waals surface area (Å²) < 4.78 is 0. The Bertz CT molecular complexity index is 313. The van der Waals surface area contributed by atoms with Crippen LogP contribution in [0.1, 0.15) is 52.4 Å². The molecular weight excluding hydrogens is 250 g/mol. The molecule has 1 saturated carbocycles. The molecule has 3 N–H and O–H groups in total. The predicted octanol–water partition coefficient (Wildman–Crippen LogP) is 1.74. The molecule has 2 fully saturated rings. The van der Waals surface area contributed by atoms with Gasteiger partial charge in [-0.15, -0.1) is 0 Å². The van der Waals surface area contributed by atoms with Crippen molar-refractivity contribution in [3.05, 3.63) is 0 Å². The minimum atomic E-state index is 0.0372. The van der Waals surface area contributed by atoms with Gasteiger partial charge in [-0.05, 0) is 44.7 Å². The van der Waals surface area contributed by atoms with Crippen LogP contribution in [0.3, 0.4) is 0 Å². The van der Waals surface area contributed by atoms with Crippen LogP contribution in [0.2, 0.25) is 0 Å². The van der Waals surface area contributed by atoms with Gasteiger partial charge >= 0.3 is 0 Å². The third-order valence-electron chi connectivity index (χ3n) is 5.02. The number of hydrogen-bond acceptors (Lipinski definition) is 3. The van der Waals surface area contributed by atoms with Gasteiger partial charge in [0.05, 0.1) is 5.92 Å². The van der Waals surface area contributed by atoms with E-state index >= 15 is 0 Å². The molecule has 1 aliphatic heterocycles. The molecule has 3 atom stereocenters. The lowest BCUT2D eigenvalue weighted by molar-refractivity contribution is -0.126. The SMILES string of the molecule is CC(C)C(CNC(=O)C1CCCCC1N)N1CCCC1. The first kappa shape index (κ1) is 15.8. The van der Waals surface area contributed by atoms with Crippen LogP contribution in [0.25, 0.3) is 0 Å². The van der Waals surface area contributed by atoms with Crippen molar-refractivity contribution in [1.29, 1.82) is 0 Å². The number of carbonyl (C=O) groups is 1. The first-order chi connectivity index (χ1) is 9.59. The molecule has 116 valence electrons. The molecule has 2 rings (SSSR count). The van der Waals surface area contributed by atoms with Crippen LogP contribution in [0, 0.1) is 11.8 Å². The number of likely N-dealkylation sites (tertiary alicyclic amines) is 1. The van der Waals surface area contributed by atoms with Gasteiger partial charge in [0, 0.05) is 18.6 Å².